The molecule has 0 radical (unpaired) electrons. The molecule has 1 aromatic rings. The second-order valence-corrected chi connectivity index (χ2v) is 5.40. The summed E-state index contributed by atoms with van der Waals surface area (Å²) in [6, 6.07) is 5.78. The van der Waals surface area contributed by atoms with Gasteiger partial charge in [-0.2, -0.15) is 0 Å². The summed E-state index contributed by atoms with van der Waals surface area (Å²) in [6.07, 6.45) is 0.846. The Kier molecular flexibility index (Phi) is 4.02. The maximum Gasteiger partial charge on any atom is 0.336 e. The summed E-state index contributed by atoms with van der Waals surface area (Å²) in [4.78, 5) is 11.5. The van der Waals surface area contributed by atoms with E-state index in [4.69, 9.17) is 14.2 Å². The van der Waals surface area contributed by atoms with E-state index in [0.29, 0.717) is 17.9 Å². The van der Waals surface area contributed by atoms with Gasteiger partial charge in [-0.3, -0.25) is 0 Å². The van der Waals surface area contributed by atoms with Crippen LogP contribution in [0.5, 0.6) is 11.5 Å². The molecule has 0 aliphatic carbocycles. The molecule has 4 nitrogen and oxygen atoms in total. The molecule has 0 atom stereocenters. The average molecular weight is 276 g/mol. The zero-order chi connectivity index (χ0) is 14.8. The molecule has 1 heterocycles. The normalized spacial score (nSPS) is 15.2. The van der Waals surface area contributed by atoms with Crippen LogP contribution in [0.15, 0.2) is 30.4 Å². The standard InChI is InChI=1S/C16H20O4/c1-5-18-15(17)11(2)10-19-13-8-6-7-12-9-16(3,4)20-14(12)13/h6-8H,2,5,9-10H2,1,3-4H3. The van der Waals surface area contributed by atoms with Gasteiger partial charge >= 0.3 is 5.97 Å². The highest BCUT2D eigenvalue weighted by Crippen LogP contribution is 2.41. The molecular weight excluding hydrogens is 256 g/mol. The molecule has 1 aromatic carbocycles. The Balaban J connectivity index is 2.04. The third-order valence-electron chi connectivity index (χ3n) is 3.02. The fourth-order valence-corrected chi connectivity index (χ4v) is 2.16. The van der Waals surface area contributed by atoms with Crippen LogP contribution in [0.2, 0.25) is 0 Å². The van der Waals surface area contributed by atoms with Gasteiger partial charge in [-0.05, 0) is 26.8 Å². The van der Waals surface area contributed by atoms with Crippen molar-refractivity contribution < 1.29 is 19.0 Å². The largest absolute Gasteiger partial charge is 0.485 e. The van der Waals surface area contributed by atoms with Crippen molar-refractivity contribution in [2.24, 2.45) is 0 Å². The molecule has 20 heavy (non-hydrogen) atoms. The Morgan fingerprint density at radius 2 is 2.20 bits per heavy atom. The van der Waals surface area contributed by atoms with E-state index < -0.39 is 5.97 Å². The van der Waals surface area contributed by atoms with Crippen LogP contribution in [0.1, 0.15) is 26.3 Å². The van der Waals surface area contributed by atoms with Gasteiger partial charge in [-0.1, -0.05) is 18.7 Å². The van der Waals surface area contributed by atoms with Gasteiger partial charge in [0.1, 0.15) is 12.2 Å². The number of esters is 1. The number of hydrogen-bond acceptors (Lipinski definition) is 4. The van der Waals surface area contributed by atoms with Gasteiger partial charge in [0.05, 0.1) is 12.2 Å². The first-order valence-corrected chi connectivity index (χ1v) is 6.71. The number of fused-ring (bicyclic) bond motifs is 1. The number of hydrogen-bond donors (Lipinski definition) is 0. The highest BCUT2D eigenvalue weighted by Gasteiger charge is 2.32. The zero-order valence-electron chi connectivity index (χ0n) is 12.2. The summed E-state index contributed by atoms with van der Waals surface area (Å²) < 4.78 is 16.4. The topological polar surface area (TPSA) is 44.8 Å². The monoisotopic (exact) mass is 276 g/mol. The number of carbonyl (C=O) groups excluding carboxylic acids is 1. The number of ether oxygens (including phenoxy) is 3. The van der Waals surface area contributed by atoms with Crippen LogP contribution in [0, 0.1) is 0 Å². The summed E-state index contributed by atoms with van der Waals surface area (Å²) in [5, 5.41) is 0. The lowest BCUT2D eigenvalue weighted by Crippen LogP contribution is -2.24. The van der Waals surface area contributed by atoms with Crippen molar-refractivity contribution in [2.45, 2.75) is 32.8 Å². The first-order chi connectivity index (χ1) is 9.43. The van der Waals surface area contributed by atoms with E-state index in [-0.39, 0.29) is 12.2 Å². The lowest BCUT2D eigenvalue weighted by molar-refractivity contribution is -0.138. The van der Waals surface area contributed by atoms with Crippen LogP contribution < -0.4 is 9.47 Å². The van der Waals surface area contributed by atoms with Crippen molar-refractivity contribution in [1.29, 1.82) is 0 Å². The van der Waals surface area contributed by atoms with E-state index >= 15 is 0 Å². The minimum atomic E-state index is -0.429. The SMILES string of the molecule is C=C(COc1cccc2c1OC(C)(C)C2)C(=O)OCC. The molecule has 2 rings (SSSR count). The lowest BCUT2D eigenvalue weighted by atomic mass is 10.0. The summed E-state index contributed by atoms with van der Waals surface area (Å²) in [6.45, 7) is 9.92. The lowest BCUT2D eigenvalue weighted by Gasteiger charge is -2.18. The summed E-state index contributed by atoms with van der Waals surface area (Å²) in [5.41, 5.74) is 1.19. The first-order valence-electron chi connectivity index (χ1n) is 6.71. The molecule has 0 saturated heterocycles. The Labute approximate surface area is 119 Å². The Morgan fingerprint density at radius 1 is 1.45 bits per heavy atom. The van der Waals surface area contributed by atoms with Crippen LogP contribution in [-0.4, -0.2) is 24.8 Å². The van der Waals surface area contributed by atoms with Crippen molar-refractivity contribution in [1.82, 2.24) is 0 Å². The van der Waals surface area contributed by atoms with Gasteiger partial charge in [-0.15, -0.1) is 0 Å². The van der Waals surface area contributed by atoms with Crippen molar-refractivity contribution in [3.05, 3.63) is 35.9 Å². The summed E-state index contributed by atoms with van der Waals surface area (Å²) in [7, 11) is 0. The summed E-state index contributed by atoms with van der Waals surface area (Å²) >= 11 is 0. The third kappa shape index (κ3) is 3.13. The molecule has 0 unspecified atom stereocenters. The van der Waals surface area contributed by atoms with E-state index in [0.717, 1.165) is 17.7 Å². The predicted octanol–water partition coefficient (Wildman–Crippen LogP) is 2.90. The Bertz CT molecular complexity index is 531. The third-order valence-corrected chi connectivity index (χ3v) is 3.02. The molecule has 0 spiro atoms. The molecule has 0 aromatic heterocycles. The average Bonchev–Trinajstić information content (AvgIpc) is 2.70. The molecule has 4 heteroatoms. The highest BCUT2D eigenvalue weighted by atomic mass is 16.5. The van der Waals surface area contributed by atoms with Crippen LogP contribution >= 0.6 is 0 Å². The van der Waals surface area contributed by atoms with Gasteiger partial charge in [0.2, 0.25) is 0 Å². The fraction of sp³-hybridized carbons (Fsp3) is 0.438. The van der Waals surface area contributed by atoms with Crippen molar-refractivity contribution in [3.8, 4) is 11.5 Å². The molecule has 1 aliphatic heterocycles. The maximum atomic E-state index is 11.5. The van der Waals surface area contributed by atoms with Crippen molar-refractivity contribution in [2.75, 3.05) is 13.2 Å². The van der Waals surface area contributed by atoms with E-state index in [1.54, 1.807) is 6.92 Å². The van der Waals surface area contributed by atoms with Gasteiger partial charge < -0.3 is 14.2 Å². The Morgan fingerprint density at radius 3 is 2.90 bits per heavy atom. The molecular formula is C16H20O4. The van der Waals surface area contributed by atoms with Gasteiger partial charge in [0.25, 0.3) is 0 Å². The van der Waals surface area contributed by atoms with Crippen LogP contribution in [0.3, 0.4) is 0 Å². The van der Waals surface area contributed by atoms with Crippen LogP contribution in [-0.2, 0) is 16.0 Å². The molecule has 1 aliphatic rings. The van der Waals surface area contributed by atoms with Crippen LogP contribution in [0.4, 0.5) is 0 Å². The molecule has 108 valence electrons. The van der Waals surface area contributed by atoms with E-state index in [1.807, 2.05) is 32.0 Å². The van der Waals surface area contributed by atoms with Gasteiger partial charge in [-0.25, -0.2) is 4.79 Å². The molecule has 0 N–H and O–H groups in total. The second-order valence-electron chi connectivity index (χ2n) is 5.40. The van der Waals surface area contributed by atoms with Crippen molar-refractivity contribution >= 4 is 5.97 Å². The molecule has 0 amide bonds. The zero-order valence-corrected chi connectivity index (χ0v) is 12.2. The minimum absolute atomic E-state index is 0.0963. The number of rotatable bonds is 5. The molecule has 0 saturated carbocycles. The van der Waals surface area contributed by atoms with E-state index in [1.165, 1.54) is 0 Å². The highest BCUT2D eigenvalue weighted by molar-refractivity contribution is 5.88. The van der Waals surface area contributed by atoms with Gasteiger partial charge in [0.15, 0.2) is 11.5 Å². The number of carbonyl (C=O) groups is 1. The maximum absolute atomic E-state index is 11.5. The summed E-state index contributed by atoms with van der Waals surface area (Å²) in [5.74, 6) is 0.967. The number of benzene rings is 1. The quantitative estimate of drug-likeness (QED) is 0.612. The predicted molar refractivity (Wildman–Crippen MR) is 76.1 cm³/mol. The van der Waals surface area contributed by atoms with E-state index in [2.05, 4.69) is 6.58 Å². The number of para-hydroxylation sites is 1. The fourth-order valence-electron chi connectivity index (χ4n) is 2.16. The minimum Gasteiger partial charge on any atom is -0.485 e. The van der Waals surface area contributed by atoms with E-state index in [9.17, 15) is 4.79 Å². The smallest absolute Gasteiger partial charge is 0.336 e. The van der Waals surface area contributed by atoms with Crippen LogP contribution in [0.25, 0.3) is 0 Å². The molecule has 0 bridgehead atoms. The molecule has 0 fully saturated rings. The van der Waals surface area contributed by atoms with Crippen molar-refractivity contribution in [3.63, 3.8) is 0 Å². The van der Waals surface area contributed by atoms with Gasteiger partial charge in [0, 0.05) is 12.0 Å². The first kappa shape index (κ1) is 14.4. The second kappa shape index (κ2) is 5.57. The Hall–Kier alpha value is -1.97.